The number of nitrogens with one attached hydrogen (secondary N) is 2. The summed E-state index contributed by atoms with van der Waals surface area (Å²) in [5.74, 6) is -0.278. The smallest absolute Gasteiger partial charge is 0.211 e. The Kier molecular flexibility index (Phi) is 6.97. The SMILES string of the molecule is CCCNCCCS(=O)(=O)NCc1cccc(F)c1. The van der Waals surface area contributed by atoms with Crippen molar-refractivity contribution in [2.24, 2.45) is 0 Å². The van der Waals surface area contributed by atoms with Gasteiger partial charge in [0.15, 0.2) is 0 Å². The van der Waals surface area contributed by atoms with Crippen molar-refractivity contribution in [2.45, 2.75) is 26.3 Å². The molecule has 1 rings (SSSR count). The van der Waals surface area contributed by atoms with Gasteiger partial charge in [0.05, 0.1) is 5.75 Å². The van der Waals surface area contributed by atoms with Gasteiger partial charge in [-0.05, 0) is 43.6 Å². The third kappa shape index (κ3) is 7.25. The highest BCUT2D eigenvalue weighted by Crippen LogP contribution is 2.03. The van der Waals surface area contributed by atoms with E-state index in [1.54, 1.807) is 12.1 Å². The van der Waals surface area contributed by atoms with Gasteiger partial charge in [0.2, 0.25) is 10.0 Å². The van der Waals surface area contributed by atoms with E-state index in [-0.39, 0.29) is 18.1 Å². The summed E-state index contributed by atoms with van der Waals surface area (Å²) < 4.78 is 38.8. The van der Waals surface area contributed by atoms with Crippen molar-refractivity contribution in [3.8, 4) is 0 Å². The van der Waals surface area contributed by atoms with Crippen molar-refractivity contribution >= 4 is 10.0 Å². The summed E-state index contributed by atoms with van der Waals surface area (Å²) >= 11 is 0. The summed E-state index contributed by atoms with van der Waals surface area (Å²) in [6, 6.07) is 5.91. The molecule has 19 heavy (non-hydrogen) atoms. The predicted octanol–water partition coefficient (Wildman–Crippen LogP) is 1.63. The van der Waals surface area contributed by atoms with Gasteiger partial charge in [-0.15, -0.1) is 0 Å². The van der Waals surface area contributed by atoms with Crippen LogP contribution in [0, 0.1) is 5.82 Å². The maximum atomic E-state index is 12.9. The highest BCUT2D eigenvalue weighted by molar-refractivity contribution is 7.89. The van der Waals surface area contributed by atoms with Crippen LogP contribution in [0.4, 0.5) is 4.39 Å². The number of hydrogen-bond acceptors (Lipinski definition) is 3. The average Bonchev–Trinajstić information content (AvgIpc) is 2.36. The van der Waals surface area contributed by atoms with Gasteiger partial charge in [-0.25, -0.2) is 17.5 Å². The molecule has 0 aliphatic rings. The van der Waals surface area contributed by atoms with Gasteiger partial charge in [0.25, 0.3) is 0 Å². The van der Waals surface area contributed by atoms with E-state index in [1.165, 1.54) is 12.1 Å². The molecule has 6 heteroatoms. The Bertz CT molecular complexity index is 477. The maximum Gasteiger partial charge on any atom is 0.211 e. The van der Waals surface area contributed by atoms with Crippen LogP contribution in [0.5, 0.6) is 0 Å². The van der Waals surface area contributed by atoms with Crippen LogP contribution in [0.2, 0.25) is 0 Å². The molecular weight excluding hydrogens is 267 g/mol. The molecule has 1 aromatic carbocycles. The van der Waals surface area contributed by atoms with Gasteiger partial charge in [-0.2, -0.15) is 0 Å². The van der Waals surface area contributed by atoms with Crippen molar-refractivity contribution in [1.82, 2.24) is 10.0 Å². The van der Waals surface area contributed by atoms with Crippen LogP contribution in [0.3, 0.4) is 0 Å². The lowest BCUT2D eigenvalue weighted by Gasteiger charge is -2.07. The molecule has 0 amide bonds. The molecule has 4 nitrogen and oxygen atoms in total. The van der Waals surface area contributed by atoms with Crippen LogP contribution in [0.15, 0.2) is 24.3 Å². The van der Waals surface area contributed by atoms with E-state index in [2.05, 4.69) is 17.0 Å². The van der Waals surface area contributed by atoms with Gasteiger partial charge < -0.3 is 5.32 Å². The number of halogens is 1. The molecular formula is C13H21FN2O2S. The molecule has 0 unspecified atom stereocenters. The van der Waals surface area contributed by atoms with E-state index in [9.17, 15) is 12.8 Å². The second kappa shape index (κ2) is 8.24. The van der Waals surface area contributed by atoms with E-state index in [0.717, 1.165) is 13.0 Å². The average molecular weight is 288 g/mol. The molecule has 2 N–H and O–H groups in total. The Labute approximate surface area is 114 Å². The Hall–Kier alpha value is -0.980. The first-order chi connectivity index (χ1) is 9.03. The van der Waals surface area contributed by atoms with Crippen LogP contribution >= 0.6 is 0 Å². The lowest BCUT2D eigenvalue weighted by atomic mass is 10.2. The predicted molar refractivity (Wildman–Crippen MR) is 74.8 cm³/mol. The third-order valence-corrected chi connectivity index (χ3v) is 3.99. The van der Waals surface area contributed by atoms with Crippen molar-refractivity contribution in [2.75, 3.05) is 18.8 Å². The minimum absolute atomic E-state index is 0.0824. The Morgan fingerprint density at radius 3 is 2.74 bits per heavy atom. The minimum atomic E-state index is -3.29. The number of hydrogen-bond donors (Lipinski definition) is 2. The van der Waals surface area contributed by atoms with E-state index < -0.39 is 10.0 Å². The zero-order valence-corrected chi connectivity index (χ0v) is 12.0. The monoisotopic (exact) mass is 288 g/mol. The number of rotatable bonds is 9. The van der Waals surface area contributed by atoms with Crippen LogP contribution < -0.4 is 10.0 Å². The first-order valence-corrected chi connectivity index (χ1v) is 8.11. The largest absolute Gasteiger partial charge is 0.317 e. The summed E-state index contributed by atoms with van der Waals surface area (Å²) in [4.78, 5) is 0. The first kappa shape index (κ1) is 16.1. The summed E-state index contributed by atoms with van der Waals surface area (Å²) in [5, 5.41) is 3.15. The molecule has 0 radical (unpaired) electrons. The molecule has 0 heterocycles. The Morgan fingerprint density at radius 2 is 2.05 bits per heavy atom. The van der Waals surface area contributed by atoms with Gasteiger partial charge in [-0.3, -0.25) is 0 Å². The molecule has 0 spiro atoms. The lowest BCUT2D eigenvalue weighted by molar-refractivity contribution is 0.573. The van der Waals surface area contributed by atoms with Crippen molar-refractivity contribution < 1.29 is 12.8 Å². The van der Waals surface area contributed by atoms with E-state index >= 15 is 0 Å². The van der Waals surface area contributed by atoms with Gasteiger partial charge in [0.1, 0.15) is 5.82 Å². The highest BCUT2D eigenvalue weighted by Gasteiger charge is 2.09. The molecule has 0 bridgehead atoms. The van der Waals surface area contributed by atoms with E-state index in [0.29, 0.717) is 18.5 Å². The second-order valence-electron chi connectivity index (χ2n) is 4.37. The summed E-state index contributed by atoms with van der Waals surface area (Å²) in [5.41, 5.74) is 0.618. The molecule has 0 fully saturated rings. The number of sulfonamides is 1. The quantitative estimate of drug-likeness (QED) is 0.679. The van der Waals surface area contributed by atoms with Crippen LogP contribution in [-0.4, -0.2) is 27.3 Å². The normalized spacial score (nSPS) is 11.7. The van der Waals surface area contributed by atoms with Crippen LogP contribution in [-0.2, 0) is 16.6 Å². The van der Waals surface area contributed by atoms with Gasteiger partial charge >= 0.3 is 0 Å². The fraction of sp³-hybridized carbons (Fsp3) is 0.538. The molecule has 0 aliphatic carbocycles. The highest BCUT2D eigenvalue weighted by atomic mass is 32.2. The molecule has 0 saturated carbocycles. The second-order valence-corrected chi connectivity index (χ2v) is 6.30. The topological polar surface area (TPSA) is 58.2 Å². The summed E-state index contributed by atoms with van der Waals surface area (Å²) in [6.45, 7) is 3.78. The van der Waals surface area contributed by atoms with E-state index in [1.807, 2.05) is 0 Å². The zero-order chi connectivity index (χ0) is 14.1. The van der Waals surface area contributed by atoms with Crippen molar-refractivity contribution in [1.29, 1.82) is 0 Å². The summed E-state index contributed by atoms with van der Waals surface area (Å²) in [6.07, 6.45) is 1.60. The van der Waals surface area contributed by atoms with Crippen LogP contribution in [0.1, 0.15) is 25.3 Å². The molecule has 1 aromatic rings. The fourth-order valence-electron chi connectivity index (χ4n) is 1.60. The summed E-state index contributed by atoms with van der Waals surface area (Å²) in [7, 11) is -3.29. The Morgan fingerprint density at radius 1 is 1.26 bits per heavy atom. The standard InChI is InChI=1S/C13H21FN2O2S/c1-2-7-15-8-4-9-19(17,18)16-11-12-5-3-6-13(14)10-12/h3,5-6,10,15-16H,2,4,7-9,11H2,1H3. The molecule has 0 saturated heterocycles. The van der Waals surface area contributed by atoms with Crippen LogP contribution in [0.25, 0.3) is 0 Å². The number of benzene rings is 1. The minimum Gasteiger partial charge on any atom is -0.317 e. The maximum absolute atomic E-state index is 12.9. The fourth-order valence-corrected chi connectivity index (χ4v) is 2.66. The van der Waals surface area contributed by atoms with Gasteiger partial charge in [-0.1, -0.05) is 19.1 Å². The van der Waals surface area contributed by atoms with E-state index in [4.69, 9.17) is 0 Å². The molecule has 0 atom stereocenters. The zero-order valence-electron chi connectivity index (χ0n) is 11.2. The Balaban J connectivity index is 2.30. The molecule has 0 aromatic heterocycles. The van der Waals surface area contributed by atoms with Crippen molar-refractivity contribution in [3.63, 3.8) is 0 Å². The molecule has 0 aliphatic heterocycles. The van der Waals surface area contributed by atoms with Gasteiger partial charge in [0, 0.05) is 6.54 Å². The first-order valence-electron chi connectivity index (χ1n) is 6.46. The molecule has 108 valence electrons. The third-order valence-electron chi connectivity index (χ3n) is 2.58. The lowest BCUT2D eigenvalue weighted by Crippen LogP contribution is -2.28. The van der Waals surface area contributed by atoms with Crippen molar-refractivity contribution in [3.05, 3.63) is 35.6 Å².